The Morgan fingerprint density at radius 1 is 0.955 bits per heavy atom. The molecule has 0 saturated heterocycles. The molecule has 0 saturated carbocycles. The minimum Gasteiger partial charge on any atom is -0.466 e. The molecule has 0 heterocycles. The number of ether oxygens (including phenoxy) is 2. The van der Waals surface area contributed by atoms with E-state index in [0.29, 0.717) is 19.6 Å². The summed E-state index contributed by atoms with van der Waals surface area (Å²) in [5.41, 5.74) is -0.452. The van der Waals surface area contributed by atoms with E-state index in [1.807, 2.05) is 27.7 Å². The fourth-order valence-electron chi connectivity index (χ4n) is 1.77. The number of hydrogen-bond acceptors (Lipinski definition) is 5. The molecule has 2 N–H and O–H groups in total. The summed E-state index contributed by atoms with van der Waals surface area (Å²) < 4.78 is 10.0. The lowest BCUT2D eigenvalue weighted by Crippen LogP contribution is -2.34. The van der Waals surface area contributed by atoms with E-state index in [2.05, 4.69) is 10.6 Å². The molecule has 22 heavy (non-hydrogen) atoms. The second-order valence-corrected chi connectivity index (χ2v) is 6.15. The van der Waals surface area contributed by atoms with E-state index in [-0.39, 0.29) is 12.1 Å². The van der Waals surface area contributed by atoms with Crippen molar-refractivity contribution in [2.24, 2.45) is 0 Å². The van der Waals surface area contributed by atoms with Gasteiger partial charge < -0.3 is 20.1 Å². The molecule has 0 aliphatic heterocycles. The fraction of sp³-hybridized carbons (Fsp3) is 0.875. The molecule has 0 radical (unpaired) electrons. The van der Waals surface area contributed by atoms with Crippen molar-refractivity contribution < 1.29 is 19.1 Å². The number of hydrogen-bond donors (Lipinski definition) is 2. The highest BCUT2D eigenvalue weighted by Gasteiger charge is 2.15. The number of carbonyl (C=O) groups is 2. The van der Waals surface area contributed by atoms with Gasteiger partial charge in [-0.25, -0.2) is 4.79 Å². The first kappa shape index (κ1) is 20.7. The van der Waals surface area contributed by atoms with Crippen molar-refractivity contribution in [3.63, 3.8) is 0 Å². The van der Waals surface area contributed by atoms with Crippen LogP contribution in [0.3, 0.4) is 0 Å². The molecule has 0 spiro atoms. The molecule has 0 bridgehead atoms. The lowest BCUT2D eigenvalue weighted by Gasteiger charge is -2.19. The van der Waals surface area contributed by atoms with Crippen LogP contribution in [0.15, 0.2) is 0 Å². The zero-order chi connectivity index (χ0) is 16.8. The van der Waals surface area contributed by atoms with Crippen LogP contribution in [0.25, 0.3) is 0 Å². The Morgan fingerprint density at radius 2 is 1.64 bits per heavy atom. The second-order valence-electron chi connectivity index (χ2n) is 6.15. The monoisotopic (exact) mass is 316 g/mol. The van der Waals surface area contributed by atoms with E-state index in [0.717, 1.165) is 38.8 Å². The SMILES string of the molecule is CCOC(=O)CCCCCNCCCNC(=O)OC(C)(C)C. The molecule has 0 aromatic rings. The Bertz CT molecular complexity index is 314. The van der Waals surface area contributed by atoms with Crippen LogP contribution in [0.4, 0.5) is 4.79 Å². The van der Waals surface area contributed by atoms with Gasteiger partial charge >= 0.3 is 12.1 Å². The molecule has 0 unspecified atom stereocenters. The molecule has 1 amide bonds. The van der Waals surface area contributed by atoms with Crippen LogP contribution in [0.2, 0.25) is 0 Å². The molecule has 0 aliphatic carbocycles. The minimum absolute atomic E-state index is 0.108. The van der Waals surface area contributed by atoms with Crippen molar-refractivity contribution in [1.29, 1.82) is 0 Å². The number of unbranched alkanes of at least 4 members (excludes halogenated alkanes) is 2. The lowest BCUT2D eigenvalue weighted by atomic mass is 10.2. The molecular weight excluding hydrogens is 284 g/mol. The van der Waals surface area contributed by atoms with Crippen LogP contribution >= 0.6 is 0 Å². The highest BCUT2D eigenvalue weighted by atomic mass is 16.6. The Balaban J connectivity index is 3.27. The van der Waals surface area contributed by atoms with E-state index < -0.39 is 5.60 Å². The highest BCUT2D eigenvalue weighted by Crippen LogP contribution is 2.06. The molecule has 0 atom stereocenters. The zero-order valence-corrected chi connectivity index (χ0v) is 14.5. The summed E-state index contributed by atoms with van der Waals surface area (Å²) in [7, 11) is 0. The summed E-state index contributed by atoms with van der Waals surface area (Å²) in [6, 6.07) is 0. The number of carbonyl (C=O) groups excluding carboxylic acids is 2. The average molecular weight is 316 g/mol. The van der Waals surface area contributed by atoms with Crippen molar-refractivity contribution in [3.8, 4) is 0 Å². The van der Waals surface area contributed by atoms with Crippen LogP contribution in [0, 0.1) is 0 Å². The normalized spacial score (nSPS) is 11.1. The van der Waals surface area contributed by atoms with Gasteiger partial charge in [0.25, 0.3) is 0 Å². The smallest absolute Gasteiger partial charge is 0.407 e. The molecule has 0 rings (SSSR count). The predicted octanol–water partition coefficient (Wildman–Crippen LogP) is 2.61. The maximum Gasteiger partial charge on any atom is 0.407 e. The second kappa shape index (κ2) is 12.3. The summed E-state index contributed by atoms with van der Waals surface area (Å²) in [5.74, 6) is -0.108. The molecule has 6 heteroatoms. The van der Waals surface area contributed by atoms with E-state index in [1.165, 1.54) is 0 Å². The molecular formula is C16H32N2O4. The van der Waals surface area contributed by atoms with Gasteiger partial charge in [-0.15, -0.1) is 0 Å². The van der Waals surface area contributed by atoms with E-state index in [4.69, 9.17) is 9.47 Å². The summed E-state index contributed by atoms with van der Waals surface area (Å²) >= 11 is 0. The number of amides is 1. The van der Waals surface area contributed by atoms with Crippen molar-refractivity contribution in [2.45, 2.75) is 65.4 Å². The number of rotatable bonds is 11. The quantitative estimate of drug-likeness (QED) is 0.452. The standard InChI is InChI=1S/C16H32N2O4/c1-5-21-14(19)10-7-6-8-11-17-12-9-13-18-15(20)22-16(2,3)4/h17H,5-13H2,1-4H3,(H,18,20). The zero-order valence-electron chi connectivity index (χ0n) is 14.5. The van der Waals surface area contributed by atoms with Gasteiger partial charge in [0.2, 0.25) is 0 Å². The van der Waals surface area contributed by atoms with Gasteiger partial charge in [0.05, 0.1) is 6.61 Å². The third-order valence-corrected chi connectivity index (χ3v) is 2.74. The van der Waals surface area contributed by atoms with Crippen LogP contribution < -0.4 is 10.6 Å². The van der Waals surface area contributed by atoms with Gasteiger partial charge in [0.1, 0.15) is 5.60 Å². The van der Waals surface area contributed by atoms with Crippen molar-refractivity contribution in [1.82, 2.24) is 10.6 Å². The van der Waals surface area contributed by atoms with Gasteiger partial charge in [-0.3, -0.25) is 4.79 Å². The fourth-order valence-corrected chi connectivity index (χ4v) is 1.77. The number of esters is 1. The summed E-state index contributed by atoms with van der Waals surface area (Å²) in [6.45, 7) is 10.2. The summed E-state index contributed by atoms with van der Waals surface area (Å²) in [5, 5.41) is 6.03. The maximum absolute atomic E-state index is 11.4. The first-order valence-corrected chi connectivity index (χ1v) is 8.18. The van der Waals surface area contributed by atoms with Crippen molar-refractivity contribution in [3.05, 3.63) is 0 Å². The third-order valence-electron chi connectivity index (χ3n) is 2.74. The van der Waals surface area contributed by atoms with Crippen LogP contribution in [0.1, 0.15) is 59.8 Å². The Morgan fingerprint density at radius 3 is 2.27 bits per heavy atom. The highest BCUT2D eigenvalue weighted by molar-refractivity contribution is 5.69. The largest absolute Gasteiger partial charge is 0.466 e. The topological polar surface area (TPSA) is 76.7 Å². The Kier molecular flexibility index (Phi) is 11.5. The van der Waals surface area contributed by atoms with Crippen molar-refractivity contribution in [2.75, 3.05) is 26.2 Å². The van der Waals surface area contributed by atoms with Crippen molar-refractivity contribution >= 4 is 12.1 Å². The van der Waals surface area contributed by atoms with Gasteiger partial charge in [-0.1, -0.05) is 6.42 Å². The summed E-state index contributed by atoms with van der Waals surface area (Å²) in [6.07, 6.45) is 3.93. The lowest BCUT2D eigenvalue weighted by molar-refractivity contribution is -0.143. The van der Waals surface area contributed by atoms with Crippen LogP contribution in [0.5, 0.6) is 0 Å². The van der Waals surface area contributed by atoms with E-state index in [9.17, 15) is 9.59 Å². The first-order valence-electron chi connectivity index (χ1n) is 8.18. The molecule has 130 valence electrons. The predicted molar refractivity (Wildman–Crippen MR) is 86.8 cm³/mol. The molecule has 0 aliphatic rings. The Hall–Kier alpha value is -1.30. The minimum atomic E-state index is -0.452. The maximum atomic E-state index is 11.4. The van der Waals surface area contributed by atoms with Gasteiger partial charge in [0.15, 0.2) is 0 Å². The van der Waals surface area contributed by atoms with Gasteiger partial charge in [-0.2, -0.15) is 0 Å². The van der Waals surface area contributed by atoms with E-state index in [1.54, 1.807) is 0 Å². The molecule has 0 fully saturated rings. The molecule has 0 aromatic heterocycles. The Labute approximate surface area is 134 Å². The third kappa shape index (κ3) is 15.1. The summed E-state index contributed by atoms with van der Waals surface area (Å²) in [4.78, 5) is 22.5. The van der Waals surface area contributed by atoms with Crippen LogP contribution in [-0.2, 0) is 14.3 Å². The van der Waals surface area contributed by atoms with Gasteiger partial charge in [-0.05, 0) is 60.0 Å². The number of alkyl carbamates (subject to hydrolysis) is 1. The average Bonchev–Trinajstić information content (AvgIpc) is 2.39. The molecule has 6 nitrogen and oxygen atoms in total. The number of nitrogens with one attached hydrogen (secondary N) is 2. The molecule has 0 aromatic carbocycles. The van der Waals surface area contributed by atoms with Crippen LogP contribution in [-0.4, -0.2) is 43.9 Å². The van der Waals surface area contributed by atoms with Gasteiger partial charge in [0, 0.05) is 13.0 Å². The first-order chi connectivity index (χ1) is 10.3. The van der Waals surface area contributed by atoms with E-state index >= 15 is 0 Å².